The zero-order valence-corrected chi connectivity index (χ0v) is 16.3. The van der Waals surface area contributed by atoms with Crippen molar-refractivity contribution < 1.29 is 40.3 Å². The average molecular weight is 413 g/mol. The Hall–Kier alpha value is -1.76. The molecule has 26 heavy (non-hydrogen) atoms. The number of hydrogen-bond acceptors (Lipinski definition) is 7. The van der Waals surface area contributed by atoms with Crippen molar-refractivity contribution in [3.05, 3.63) is 24.8 Å². The molecule has 10 nitrogen and oxygen atoms in total. The first-order valence-electron chi connectivity index (χ1n) is 7.30. The van der Waals surface area contributed by atoms with E-state index in [0.717, 1.165) is 13.0 Å². The lowest BCUT2D eigenvalue weighted by molar-refractivity contribution is -0.149. The predicted octanol–water partition coefficient (Wildman–Crippen LogP) is 0.0894. The van der Waals surface area contributed by atoms with E-state index in [1.807, 2.05) is 0 Å². The van der Waals surface area contributed by atoms with Crippen LogP contribution in [-0.2, 0) is 34.6 Å². The lowest BCUT2D eigenvalue weighted by Crippen LogP contribution is -2.64. The summed E-state index contributed by atoms with van der Waals surface area (Å²) < 4.78 is 70.0. The normalized spacial score (nSPS) is 16.7. The van der Waals surface area contributed by atoms with Gasteiger partial charge in [0, 0.05) is 5.57 Å². The van der Waals surface area contributed by atoms with Crippen molar-refractivity contribution in [3.63, 3.8) is 0 Å². The molecular weight excluding hydrogens is 390 g/mol. The van der Waals surface area contributed by atoms with E-state index < -0.39 is 54.8 Å². The molecule has 0 fully saturated rings. The molecule has 0 aromatic rings. The monoisotopic (exact) mass is 413 g/mol. The first-order valence-corrected chi connectivity index (χ1v) is 10.4. The third-order valence-electron chi connectivity index (χ3n) is 3.41. The van der Waals surface area contributed by atoms with Crippen LogP contribution in [0.1, 0.15) is 27.2 Å². The fourth-order valence-corrected chi connectivity index (χ4v) is 4.40. The van der Waals surface area contributed by atoms with Crippen molar-refractivity contribution in [3.8, 4) is 0 Å². The lowest BCUT2D eigenvalue weighted by Gasteiger charge is -2.39. The van der Waals surface area contributed by atoms with E-state index in [4.69, 9.17) is 4.74 Å². The van der Waals surface area contributed by atoms with Crippen LogP contribution < -0.4 is 5.32 Å². The number of rotatable bonds is 10. The molecule has 3 N–H and O–H groups in total. The maximum absolute atomic E-state index is 11.9. The summed E-state index contributed by atoms with van der Waals surface area (Å²) in [6, 6.07) is 0. The second-order valence-corrected chi connectivity index (χ2v) is 8.99. The second-order valence-electron chi connectivity index (χ2n) is 5.91. The molecule has 1 amide bonds. The lowest BCUT2D eigenvalue weighted by atomic mass is 9.92. The van der Waals surface area contributed by atoms with Gasteiger partial charge in [-0.3, -0.25) is 13.9 Å². The van der Waals surface area contributed by atoms with Crippen molar-refractivity contribution in [2.45, 2.75) is 44.1 Å². The van der Waals surface area contributed by atoms with Gasteiger partial charge in [-0.25, -0.2) is 4.79 Å². The van der Waals surface area contributed by atoms with Gasteiger partial charge in [0.25, 0.3) is 20.2 Å². The van der Waals surface area contributed by atoms with Crippen LogP contribution in [0.4, 0.5) is 0 Å². The van der Waals surface area contributed by atoms with Gasteiger partial charge in [0.15, 0.2) is 0 Å². The Balaban J connectivity index is 6.46. The van der Waals surface area contributed by atoms with Crippen LogP contribution in [0.25, 0.3) is 0 Å². The van der Waals surface area contributed by atoms with Gasteiger partial charge in [-0.2, -0.15) is 16.8 Å². The highest BCUT2D eigenvalue weighted by Gasteiger charge is 2.49. The Kier molecular flexibility index (Phi) is 8.16. The molecule has 0 radical (unpaired) electrons. The summed E-state index contributed by atoms with van der Waals surface area (Å²) in [5, 5.41) is 0.363. The van der Waals surface area contributed by atoms with Crippen LogP contribution in [0.5, 0.6) is 0 Å². The predicted molar refractivity (Wildman–Crippen MR) is 93.5 cm³/mol. The molecule has 0 saturated heterocycles. The Morgan fingerprint density at radius 2 is 1.77 bits per heavy atom. The third-order valence-corrected chi connectivity index (χ3v) is 5.72. The third kappa shape index (κ3) is 7.23. The summed E-state index contributed by atoms with van der Waals surface area (Å²) >= 11 is 0. The number of carbonyl (C=O) groups excluding carboxylic acids is 2. The topological polar surface area (TPSA) is 164 Å². The fraction of sp³-hybridized carbons (Fsp3) is 0.571. The molecule has 0 rings (SSSR count). The minimum absolute atomic E-state index is 0.135. The molecule has 150 valence electrons. The average Bonchev–Trinajstić information content (AvgIpc) is 2.42. The van der Waals surface area contributed by atoms with E-state index in [-0.39, 0.29) is 12.0 Å². The van der Waals surface area contributed by atoms with Crippen LogP contribution in [-0.4, -0.2) is 60.5 Å². The molecule has 0 aliphatic heterocycles. The van der Waals surface area contributed by atoms with Crippen molar-refractivity contribution in [2.75, 3.05) is 5.75 Å². The van der Waals surface area contributed by atoms with Crippen LogP contribution in [0.15, 0.2) is 24.8 Å². The van der Waals surface area contributed by atoms with E-state index in [1.54, 1.807) is 0 Å². The summed E-state index contributed by atoms with van der Waals surface area (Å²) in [5.41, 5.74) is -2.25. The van der Waals surface area contributed by atoms with E-state index in [9.17, 15) is 35.5 Å². The van der Waals surface area contributed by atoms with E-state index >= 15 is 0 Å². The van der Waals surface area contributed by atoms with Gasteiger partial charge in [0.05, 0.1) is 5.54 Å². The maximum Gasteiger partial charge on any atom is 0.333 e. The SMILES string of the molecule is C=CC(=O)NC(C)(CS(=O)(=O)O)C(OC(=O)C(=C)C)C(CC)S(=O)(=O)O. The highest BCUT2D eigenvalue weighted by atomic mass is 32.2. The highest BCUT2D eigenvalue weighted by Crippen LogP contribution is 2.26. The number of nitrogens with one attached hydrogen (secondary N) is 1. The van der Waals surface area contributed by atoms with Crippen molar-refractivity contribution in [2.24, 2.45) is 0 Å². The molecule has 0 aromatic heterocycles. The van der Waals surface area contributed by atoms with E-state index in [0.29, 0.717) is 0 Å². The number of esters is 1. The summed E-state index contributed by atoms with van der Waals surface area (Å²) in [6.07, 6.45) is -1.38. The van der Waals surface area contributed by atoms with Gasteiger partial charge >= 0.3 is 5.97 Å². The molecule has 0 aromatic carbocycles. The van der Waals surface area contributed by atoms with E-state index in [1.165, 1.54) is 13.8 Å². The fourth-order valence-electron chi connectivity index (χ4n) is 2.31. The van der Waals surface area contributed by atoms with Gasteiger partial charge < -0.3 is 10.1 Å². The molecule has 12 heteroatoms. The van der Waals surface area contributed by atoms with Gasteiger partial charge in [0.2, 0.25) is 5.91 Å². The van der Waals surface area contributed by atoms with Gasteiger partial charge in [-0.05, 0) is 26.3 Å². The number of ether oxygens (including phenoxy) is 1. The molecule has 3 unspecified atom stereocenters. The Morgan fingerprint density at radius 3 is 2.08 bits per heavy atom. The standard InChI is InChI=1S/C14H23NO9S2/c1-6-10(26(21,22)23)12(24-13(17)9(3)4)14(5,8-25(18,19)20)15-11(16)7-2/h7,10,12H,2-3,6,8H2,1,4-5H3,(H,15,16)(H,18,19,20)(H,21,22,23). The largest absolute Gasteiger partial charge is 0.455 e. The van der Waals surface area contributed by atoms with Gasteiger partial charge in [-0.1, -0.05) is 20.1 Å². The molecule has 3 atom stereocenters. The van der Waals surface area contributed by atoms with Crippen molar-refractivity contribution >= 4 is 32.1 Å². The van der Waals surface area contributed by atoms with Gasteiger partial charge in [0.1, 0.15) is 17.1 Å². The minimum atomic E-state index is -4.83. The molecule has 0 saturated carbocycles. The van der Waals surface area contributed by atoms with Crippen molar-refractivity contribution in [1.29, 1.82) is 0 Å². The Morgan fingerprint density at radius 1 is 1.27 bits per heavy atom. The molecule has 0 heterocycles. The summed E-state index contributed by atoms with van der Waals surface area (Å²) in [6.45, 7) is 10.2. The highest BCUT2D eigenvalue weighted by molar-refractivity contribution is 7.86. The molecule has 0 spiro atoms. The molecular formula is C14H23NO9S2. The Labute approximate surface area is 152 Å². The summed E-state index contributed by atoms with van der Waals surface area (Å²) in [7, 11) is -9.59. The Bertz CT molecular complexity index is 785. The zero-order valence-electron chi connectivity index (χ0n) is 14.6. The van der Waals surface area contributed by atoms with E-state index in [2.05, 4.69) is 18.5 Å². The second kappa shape index (κ2) is 8.75. The number of amides is 1. The molecule has 0 bridgehead atoms. The molecule has 0 aliphatic rings. The number of hydrogen-bond donors (Lipinski definition) is 3. The van der Waals surface area contributed by atoms with Crippen molar-refractivity contribution in [1.82, 2.24) is 5.32 Å². The first-order chi connectivity index (χ1) is 11.6. The smallest absolute Gasteiger partial charge is 0.333 e. The van der Waals surface area contributed by atoms with Crippen LogP contribution >= 0.6 is 0 Å². The van der Waals surface area contributed by atoms with Crippen LogP contribution in [0.2, 0.25) is 0 Å². The maximum atomic E-state index is 11.9. The molecule has 0 aliphatic carbocycles. The number of carbonyl (C=O) groups is 2. The zero-order chi connectivity index (χ0) is 20.9. The minimum Gasteiger partial charge on any atom is -0.455 e. The quantitative estimate of drug-likeness (QED) is 0.256. The first kappa shape index (κ1) is 24.2. The van der Waals surface area contributed by atoms with Crippen LogP contribution in [0.3, 0.4) is 0 Å². The summed E-state index contributed by atoms with van der Waals surface area (Å²) in [4.78, 5) is 23.6. The van der Waals surface area contributed by atoms with Gasteiger partial charge in [-0.15, -0.1) is 0 Å². The van der Waals surface area contributed by atoms with Crippen LogP contribution in [0, 0.1) is 0 Å². The summed E-state index contributed by atoms with van der Waals surface area (Å²) in [5.74, 6) is -3.19.